The van der Waals surface area contributed by atoms with Crippen LogP contribution in [-0.4, -0.2) is 22.6 Å². The van der Waals surface area contributed by atoms with Crippen LogP contribution in [0.1, 0.15) is 34.8 Å². The van der Waals surface area contributed by atoms with Gasteiger partial charge in [-0.05, 0) is 49.1 Å². The van der Waals surface area contributed by atoms with Gasteiger partial charge in [0, 0.05) is 17.4 Å². The van der Waals surface area contributed by atoms with Crippen molar-refractivity contribution in [3.63, 3.8) is 0 Å². The molecule has 2 N–H and O–H groups in total. The van der Waals surface area contributed by atoms with Crippen molar-refractivity contribution in [1.29, 1.82) is 0 Å². The minimum atomic E-state index is -0.612. The maximum atomic E-state index is 12.9. The van der Waals surface area contributed by atoms with Crippen molar-refractivity contribution >= 4 is 29.2 Å². The molecule has 0 aliphatic carbocycles. The number of aliphatic imine (C=N–C) groups is 1. The summed E-state index contributed by atoms with van der Waals surface area (Å²) in [5.41, 5.74) is 5.52. The van der Waals surface area contributed by atoms with E-state index >= 15 is 0 Å². The molecule has 1 heterocycles. The fourth-order valence-corrected chi connectivity index (χ4v) is 3.10. The number of carbonyl (C=O) groups excluding carboxylic acids is 2. The van der Waals surface area contributed by atoms with Crippen LogP contribution in [-0.2, 0) is 11.2 Å². The van der Waals surface area contributed by atoms with Crippen LogP contribution in [0.25, 0.3) is 6.08 Å². The van der Waals surface area contributed by atoms with E-state index in [0.717, 1.165) is 24.1 Å². The predicted octanol–water partition coefficient (Wildman–Crippen LogP) is 3.74. The molecule has 132 valence electrons. The van der Waals surface area contributed by atoms with Crippen molar-refractivity contribution in [2.24, 2.45) is 10.9 Å². The molecule has 26 heavy (non-hydrogen) atoms. The van der Waals surface area contributed by atoms with Gasteiger partial charge in [-0.1, -0.05) is 36.4 Å². The summed E-state index contributed by atoms with van der Waals surface area (Å²) >= 11 is 0. The number of nitrogens with one attached hydrogen (secondary N) is 1. The first-order valence-electron chi connectivity index (χ1n) is 8.48. The van der Waals surface area contributed by atoms with Gasteiger partial charge in [-0.15, -0.1) is 0 Å². The second kappa shape index (κ2) is 7.89. The van der Waals surface area contributed by atoms with Gasteiger partial charge < -0.3 is 0 Å². The van der Waals surface area contributed by atoms with Crippen molar-refractivity contribution in [1.82, 2.24) is 5.48 Å². The predicted molar refractivity (Wildman–Crippen MR) is 101 cm³/mol. The van der Waals surface area contributed by atoms with Gasteiger partial charge in [0.2, 0.25) is 0 Å². The monoisotopic (exact) mass is 348 g/mol. The molecule has 1 amide bonds. The van der Waals surface area contributed by atoms with Gasteiger partial charge in [0.05, 0.1) is 11.6 Å². The Morgan fingerprint density at radius 3 is 2.73 bits per heavy atom. The quantitative estimate of drug-likeness (QED) is 0.491. The van der Waals surface area contributed by atoms with Crippen molar-refractivity contribution in [2.45, 2.75) is 19.8 Å². The van der Waals surface area contributed by atoms with Crippen LogP contribution in [0.3, 0.4) is 0 Å². The zero-order valence-corrected chi connectivity index (χ0v) is 14.5. The molecular weight excluding hydrogens is 328 g/mol. The molecule has 2 aromatic carbocycles. The lowest BCUT2D eigenvalue weighted by atomic mass is 9.85. The molecule has 2 aromatic rings. The Morgan fingerprint density at radius 1 is 1.23 bits per heavy atom. The van der Waals surface area contributed by atoms with Crippen LogP contribution in [0.5, 0.6) is 0 Å². The number of benzene rings is 2. The minimum absolute atomic E-state index is 0.0899. The number of ketones is 1. The molecule has 0 aromatic heterocycles. The number of aryl methyl sites for hydroxylation is 1. The lowest BCUT2D eigenvalue weighted by Crippen LogP contribution is -2.26. The summed E-state index contributed by atoms with van der Waals surface area (Å²) in [6, 6.07) is 15.4. The van der Waals surface area contributed by atoms with Gasteiger partial charge in [-0.3, -0.25) is 19.8 Å². The highest BCUT2D eigenvalue weighted by atomic mass is 16.5. The summed E-state index contributed by atoms with van der Waals surface area (Å²) in [5, 5.41) is 8.52. The van der Waals surface area contributed by atoms with E-state index in [0.29, 0.717) is 11.3 Å². The third-order valence-electron chi connectivity index (χ3n) is 4.51. The fourth-order valence-electron chi connectivity index (χ4n) is 3.10. The van der Waals surface area contributed by atoms with E-state index in [9.17, 15) is 9.59 Å². The van der Waals surface area contributed by atoms with Crippen molar-refractivity contribution in [2.75, 3.05) is 0 Å². The molecule has 1 atom stereocenters. The summed E-state index contributed by atoms with van der Waals surface area (Å²) in [5.74, 6) is -0.726. The number of nitrogens with zero attached hydrogens (tertiary/aromatic N) is 1. The minimum Gasteiger partial charge on any atom is -0.293 e. The topological polar surface area (TPSA) is 78.8 Å². The van der Waals surface area contributed by atoms with Crippen molar-refractivity contribution in [3.05, 3.63) is 71.3 Å². The van der Waals surface area contributed by atoms with Crippen LogP contribution in [0, 0.1) is 5.92 Å². The zero-order valence-electron chi connectivity index (χ0n) is 14.5. The number of Topliss-reactive ketones (excluding diaryl/α,β-unsaturated/α-hetero) is 1. The lowest BCUT2D eigenvalue weighted by molar-refractivity contribution is -0.124. The maximum Gasteiger partial charge on any atom is 0.267 e. The Kier molecular flexibility index (Phi) is 5.39. The van der Waals surface area contributed by atoms with E-state index in [1.165, 1.54) is 17.1 Å². The fraction of sp³-hybridized carbons (Fsp3) is 0.190. The van der Waals surface area contributed by atoms with Gasteiger partial charge in [0.15, 0.2) is 5.78 Å². The first-order valence-corrected chi connectivity index (χ1v) is 8.48. The molecule has 5 nitrogen and oxygen atoms in total. The molecule has 5 heteroatoms. The Balaban J connectivity index is 1.78. The Bertz CT molecular complexity index is 885. The number of rotatable bonds is 5. The average Bonchev–Trinajstić information content (AvgIpc) is 2.66. The van der Waals surface area contributed by atoms with Crippen LogP contribution in [0.4, 0.5) is 5.69 Å². The molecule has 1 unspecified atom stereocenters. The van der Waals surface area contributed by atoms with E-state index in [1.807, 2.05) is 25.1 Å². The molecule has 0 spiro atoms. The number of hydrogen-bond donors (Lipinski definition) is 2. The third kappa shape index (κ3) is 3.95. The van der Waals surface area contributed by atoms with E-state index in [2.05, 4.69) is 17.1 Å². The molecule has 0 radical (unpaired) electrons. The second-order valence-electron chi connectivity index (χ2n) is 6.28. The largest absolute Gasteiger partial charge is 0.293 e. The number of hydrogen-bond acceptors (Lipinski definition) is 4. The Hall–Kier alpha value is -3.05. The number of hydroxylamine groups is 1. The van der Waals surface area contributed by atoms with Crippen molar-refractivity contribution < 1.29 is 14.8 Å². The van der Waals surface area contributed by atoms with Gasteiger partial charge in [-0.2, -0.15) is 0 Å². The van der Waals surface area contributed by atoms with Gasteiger partial charge in [0.25, 0.3) is 5.91 Å². The number of carbonyl (C=O) groups is 2. The summed E-state index contributed by atoms with van der Waals surface area (Å²) in [6.07, 6.45) is 4.33. The summed E-state index contributed by atoms with van der Waals surface area (Å²) < 4.78 is 0. The van der Waals surface area contributed by atoms with E-state index in [-0.39, 0.29) is 11.7 Å². The first-order chi connectivity index (χ1) is 12.6. The van der Waals surface area contributed by atoms with Crippen LogP contribution < -0.4 is 5.48 Å². The molecule has 1 aliphatic heterocycles. The van der Waals surface area contributed by atoms with E-state index in [1.54, 1.807) is 24.3 Å². The first kappa shape index (κ1) is 17.8. The second-order valence-corrected chi connectivity index (χ2v) is 6.28. The molecule has 0 bridgehead atoms. The Labute approximate surface area is 152 Å². The summed E-state index contributed by atoms with van der Waals surface area (Å²) in [7, 11) is 0. The van der Waals surface area contributed by atoms with E-state index in [4.69, 9.17) is 5.21 Å². The van der Waals surface area contributed by atoms with Crippen LogP contribution in [0.2, 0.25) is 0 Å². The van der Waals surface area contributed by atoms with Gasteiger partial charge in [-0.25, -0.2) is 5.48 Å². The molecular formula is C21H20N2O3. The lowest BCUT2D eigenvalue weighted by Gasteiger charge is -2.22. The molecule has 0 saturated carbocycles. The van der Waals surface area contributed by atoms with Crippen LogP contribution >= 0.6 is 0 Å². The normalized spacial score (nSPS) is 16.3. The standard InChI is InChI=1S/C21H20N2O3/c1-14-17(10-7-15-5-3-2-4-6-15)21(25)18-11-8-16(13-19(18)22-14)9-12-20(24)23-26/h2-6,8-9,11-13,17,26H,7,10H2,1H3,(H,23,24). The van der Waals surface area contributed by atoms with Gasteiger partial charge in [0.1, 0.15) is 0 Å². The Morgan fingerprint density at radius 2 is 2.00 bits per heavy atom. The van der Waals surface area contributed by atoms with E-state index < -0.39 is 5.91 Å². The molecule has 1 aliphatic rings. The number of fused-ring (bicyclic) bond motifs is 1. The molecule has 3 rings (SSSR count). The molecule has 0 saturated heterocycles. The summed E-state index contributed by atoms with van der Waals surface area (Å²) in [4.78, 5) is 28.6. The number of amides is 1. The maximum absolute atomic E-state index is 12.9. The highest BCUT2D eigenvalue weighted by Gasteiger charge is 2.28. The smallest absolute Gasteiger partial charge is 0.267 e. The average molecular weight is 348 g/mol. The molecule has 0 fully saturated rings. The highest BCUT2D eigenvalue weighted by molar-refractivity contribution is 6.17. The van der Waals surface area contributed by atoms with Crippen LogP contribution in [0.15, 0.2) is 59.6 Å². The SMILES string of the molecule is CC1=Nc2cc(C=CC(=O)NO)ccc2C(=O)C1CCc1ccccc1. The van der Waals surface area contributed by atoms with Gasteiger partial charge >= 0.3 is 0 Å². The highest BCUT2D eigenvalue weighted by Crippen LogP contribution is 2.32. The van der Waals surface area contributed by atoms with Crippen molar-refractivity contribution in [3.8, 4) is 0 Å². The summed E-state index contributed by atoms with van der Waals surface area (Å²) in [6.45, 7) is 1.89. The zero-order chi connectivity index (χ0) is 18.5. The third-order valence-corrected chi connectivity index (χ3v) is 4.51.